The first-order chi connectivity index (χ1) is 16.6. The second-order valence-corrected chi connectivity index (χ2v) is 9.14. The van der Waals surface area contributed by atoms with E-state index in [1.54, 1.807) is 18.5 Å². The molecule has 1 unspecified atom stereocenters. The Morgan fingerprint density at radius 1 is 1.15 bits per heavy atom. The molecule has 4 aromatic rings. The van der Waals surface area contributed by atoms with Crippen LogP contribution in [0.25, 0.3) is 10.9 Å². The van der Waals surface area contributed by atoms with Crippen LogP contribution in [0.5, 0.6) is 0 Å². The number of hydrogen-bond donors (Lipinski definition) is 1. The van der Waals surface area contributed by atoms with Gasteiger partial charge in [0.15, 0.2) is 11.2 Å². The molecular formula is C26H24N4O3S. The van der Waals surface area contributed by atoms with Gasteiger partial charge in [-0.05, 0) is 18.6 Å². The third-order valence-electron chi connectivity index (χ3n) is 5.89. The van der Waals surface area contributed by atoms with Crippen molar-refractivity contribution in [1.82, 2.24) is 14.9 Å². The van der Waals surface area contributed by atoms with Crippen molar-refractivity contribution in [1.29, 1.82) is 0 Å². The molecule has 3 heterocycles. The fourth-order valence-corrected chi connectivity index (χ4v) is 4.75. The van der Waals surface area contributed by atoms with Crippen LogP contribution in [0.1, 0.15) is 34.1 Å². The van der Waals surface area contributed by atoms with Crippen LogP contribution in [0.15, 0.2) is 66.2 Å². The quantitative estimate of drug-likeness (QED) is 0.418. The molecule has 2 aromatic heterocycles. The van der Waals surface area contributed by atoms with Crippen LogP contribution in [0.2, 0.25) is 0 Å². The van der Waals surface area contributed by atoms with Crippen LogP contribution in [0, 0.1) is 0 Å². The Balaban J connectivity index is 1.43. The molecule has 1 atom stereocenters. The number of para-hydroxylation sites is 1. The van der Waals surface area contributed by atoms with E-state index in [4.69, 9.17) is 9.72 Å². The lowest BCUT2D eigenvalue weighted by Crippen LogP contribution is -2.34. The number of fused-ring (bicyclic) bond motifs is 2. The van der Waals surface area contributed by atoms with Crippen LogP contribution in [0.3, 0.4) is 0 Å². The Bertz CT molecular complexity index is 1320. The number of thiazole rings is 1. The zero-order chi connectivity index (χ0) is 23.5. The van der Waals surface area contributed by atoms with Crippen LogP contribution >= 0.6 is 11.3 Å². The van der Waals surface area contributed by atoms with Gasteiger partial charge in [0, 0.05) is 54.3 Å². The van der Waals surface area contributed by atoms with Crippen molar-refractivity contribution in [3.63, 3.8) is 0 Å². The molecule has 34 heavy (non-hydrogen) atoms. The number of nitrogens with zero attached hydrogens (tertiary/aromatic N) is 3. The van der Waals surface area contributed by atoms with Crippen molar-refractivity contribution < 1.29 is 14.3 Å². The normalized spacial score (nSPS) is 14.4. The van der Waals surface area contributed by atoms with Crippen molar-refractivity contribution in [2.75, 3.05) is 11.9 Å². The number of anilines is 1. The Hall–Kier alpha value is -3.62. The molecule has 0 spiro atoms. The number of benzene rings is 2. The van der Waals surface area contributed by atoms with Crippen molar-refractivity contribution in [2.45, 2.75) is 32.5 Å². The highest BCUT2D eigenvalue weighted by molar-refractivity contribution is 7.13. The van der Waals surface area contributed by atoms with Gasteiger partial charge in [0.2, 0.25) is 0 Å². The molecule has 0 saturated heterocycles. The highest BCUT2D eigenvalue weighted by atomic mass is 32.1. The van der Waals surface area contributed by atoms with Crippen LogP contribution in [0.4, 0.5) is 5.13 Å². The standard InChI is InChI=1S/C26H24N4O3S/c1-17(24(31)29-26-27-12-14-34-26)33-25(32)23-19-9-5-6-10-21(19)28-22-11-13-30(16-20(22)23)15-18-7-3-2-4-8-18/h2-10,12,14,17H,11,13,15-16H2,1H3,(H,27,29,31). The third kappa shape index (κ3) is 4.69. The summed E-state index contributed by atoms with van der Waals surface area (Å²) in [4.78, 5) is 37.2. The number of rotatable bonds is 6. The molecule has 1 N–H and O–H groups in total. The largest absolute Gasteiger partial charge is 0.449 e. The van der Waals surface area contributed by atoms with Gasteiger partial charge >= 0.3 is 5.97 Å². The van der Waals surface area contributed by atoms with Gasteiger partial charge in [0.25, 0.3) is 5.91 Å². The van der Waals surface area contributed by atoms with E-state index in [1.165, 1.54) is 16.9 Å². The van der Waals surface area contributed by atoms with E-state index in [0.29, 0.717) is 17.2 Å². The van der Waals surface area contributed by atoms with E-state index >= 15 is 0 Å². The molecule has 0 fully saturated rings. The number of hydrogen-bond acceptors (Lipinski definition) is 7. The van der Waals surface area contributed by atoms with Gasteiger partial charge in [0.05, 0.1) is 11.1 Å². The molecule has 0 saturated carbocycles. The second kappa shape index (κ2) is 9.70. The molecule has 7 nitrogen and oxygen atoms in total. The summed E-state index contributed by atoms with van der Waals surface area (Å²) in [6.45, 7) is 3.80. The number of ether oxygens (including phenoxy) is 1. The smallest absolute Gasteiger partial charge is 0.339 e. The van der Waals surface area contributed by atoms with Gasteiger partial charge in [-0.25, -0.2) is 9.78 Å². The first-order valence-corrected chi connectivity index (χ1v) is 12.0. The molecule has 2 aromatic carbocycles. The van der Waals surface area contributed by atoms with Crippen LogP contribution < -0.4 is 5.32 Å². The van der Waals surface area contributed by atoms with Crippen molar-refractivity contribution in [3.8, 4) is 0 Å². The number of carbonyl (C=O) groups is 2. The van der Waals surface area contributed by atoms with Crippen LogP contribution in [-0.2, 0) is 29.0 Å². The monoisotopic (exact) mass is 472 g/mol. The number of amides is 1. The summed E-state index contributed by atoms with van der Waals surface area (Å²) in [6.07, 6.45) is 1.38. The summed E-state index contributed by atoms with van der Waals surface area (Å²) in [6, 6.07) is 17.9. The maximum atomic E-state index is 13.5. The Kier molecular flexibility index (Phi) is 6.33. The Morgan fingerprint density at radius 2 is 1.94 bits per heavy atom. The molecular weight excluding hydrogens is 448 g/mol. The number of carbonyl (C=O) groups excluding carboxylic acids is 2. The third-order valence-corrected chi connectivity index (χ3v) is 6.58. The topological polar surface area (TPSA) is 84.4 Å². The summed E-state index contributed by atoms with van der Waals surface area (Å²) < 4.78 is 5.65. The van der Waals surface area contributed by atoms with Gasteiger partial charge in [-0.3, -0.25) is 20.0 Å². The molecule has 1 aliphatic rings. The lowest BCUT2D eigenvalue weighted by Gasteiger charge is -2.30. The highest BCUT2D eigenvalue weighted by Gasteiger charge is 2.29. The zero-order valence-electron chi connectivity index (χ0n) is 18.7. The average Bonchev–Trinajstić information content (AvgIpc) is 3.36. The molecule has 1 aliphatic heterocycles. The SMILES string of the molecule is CC(OC(=O)c1c2c(nc3ccccc13)CCN(Cc1ccccc1)C2)C(=O)Nc1nccs1. The van der Waals surface area contributed by atoms with Crippen molar-refractivity contribution in [2.24, 2.45) is 0 Å². The number of esters is 1. The van der Waals surface area contributed by atoms with Crippen molar-refractivity contribution in [3.05, 3.63) is 88.6 Å². The summed E-state index contributed by atoms with van der Waals surface area (Å²) in [7, 11) is 0. The molecule has 8 heteroatoms. The molecule has 5 rings (SSSR count). The minimum Gasteiger partial charge on any atom is -0.449 e. The highest BCUT2D eigenvalue weighted by Crippen LogP contribution is 2.30. The predicted molar refractivity (Wildman–Crippen MR) is 132 cm³/mol. The molecule has 0 bridgehead atoms. The molecule has 0 aliphatic carbocycles. The Morgan fingerprint density at radius 3 is 2.74 bits per heavy atom. The number of aromatic nitrogens is 2. The fourth-order valence-electron chi connectivity index (χ4n) is 4.22. The fraction of sp³-hybridized carbons (Fsp3) is 0.231. The maximum Gasteiger partial charge on any atom is 0.339 e. The Labute approximate surface area is 201 Å². The summed E-state index contributed by atoms with van der Waals surface area (Å²) in [5.74, 6) is -0.931. The van der Waals surface area contributed by atoms with E-state index < -0.39 is 18.0 Å². The molecule has 1 amide bonds. The summed E-state index contributed by atoms with van der Waals surface area (Å²) >= 11 is 1.31. The predicted octanol–water partition coefficient (Wildman–Crippen LogP) is 4.43. The van der Waals surface area contributed by atoms with Crippen molar-refractivity contribution >= 4 is 39.2 Å². The molecule has 172 valence electrons. The van der Waals surface area contributed by atoms with E-state index in [2.05, 4.69) is 27.3 Å². The second-order valence-electron chi connectivity index (χ2n) is 8.25. The van der Waals surface area contributed by atoms with Gasteiger partial charge in [-0.15, -0.1) is 11.3 Å². The van der Waals surface area contributed by atoms with Gasteiger partial charge in [0.1, 0.15) is 0 Å². The first kappa shape index (κ1) is 22.2. The first-order valence-electron chi connectivity index (χ1n) is 11.2. The van der Waals surface area contributed by atoms with Gasteiger partial charge in [-0.1, -0.05) is 48.5 Å². The van der Waals surface area contributed by atoms with E-state index in [0.717, 1.165) is 41.7 Å². The summed E-state index contributed by atoms with van der Waals surface area (Å²) in [5, 5.41) is 5.65. The molecule has 0 radical (unpaired) electrons. The summed E-state index contributed by atoms with van der Waals surface area (Å²) in [5.41, 5.74) is 4.25. The lowest BCUT2D eigenvalue weighted by molar-refractivity contribution is -0.123. The number of pyridine rings is 1. The van der Waals surface area contributed by atoms with Gasteiger partial charge in [-0.2, -0.15) is 0 Å². The van der Waals surface area contributed by atoms with E-state index in [-0.39, 0.29) is 0 Å². The van der Waals surface area contributed by atoms with E-state index in [9.17, 15) is 9.59 Å². The lowest BCUT2D eigenvalue weighted by atomic mass is 9.95. The minimum atomic E-state index is -0.969. The van der Waals surface area contributed by atoms with Gasteiger partial charge < -0.3 is 4.74 Å². The van der Waals surface area contributed by atoms with E-state index in [1.807, 2.05) is 42.5 Å². The average molecular weight is 473 g/mol. The minimum absolute atomic E-state index is 0.416. The number of nitrogens with one attached hydrogen (secondary N) is 1. The van der Waals surface area contributed by atoms with Crippen LogP contribution in [-0.4, -0.2) is 39.4 Å². The maximum absolute atomic E-state index is 13.5. The zero-order valence-corrected chi connectivity index (χ0v) is 19.5.